The molecule has 4 rings (SSSR count). The van der Waals surface area contributed by atoms with Crippen molar-refractivity contribution in [2.45, 2.75) is 12.6 Å². The first-order chi connectivity index (χ1) is 14.1. The second-order valence-corrected chi connectivity index (χ2v) is 7.69. The maximum Gasteiger partial charge on any atom is 0.235 e. The van der Waals surface area contributed by atoms with E-state index in [0.717, 1.165) is 42.9 Å². The zero-order valence-electron chi connectivity index (χ0n) is 16.7. The molecule has 3 heterocycles. The molecular weight excluding hydrogens is 371 g/mol. The SMILES string of the molecule is Cn1cc(-c2ccc3c(c2)CC(NC(=O)CN2CCN(CCF)CC2)N=C3)cn1. The van der Waals surface area contributed by atoms with Gasteiger partial charge in [0, 0.05) is 64.2 Å². The number of fused-ring (bicyclic) bond motifs is 1. The topological polar surface area (TPSA) is 65.8 Å². The molecule has 1 atom stereocenters. The molecule has 0 saturated carbocycles. The minimum absolute atomic E-state index is 0.0158. The summed E-state index contributed by atoms with van der Waals surface area (Å²) in [5.74, 6) is -0.0158. The maximum absolute atomic E-state index is 12.5. The van der Waals surface area contributed by atoms with E-state index in [0.29, 0.717) is 19.5 Å². The molecule has 1 fully saturated rings. The number of piperazine rings is 1. The van der Waals surface area contributed by atoms with Crippen LogP contribution in [0.3, 0.4) is 0 Å². The van der Waals surface area contributed by atoms with Crippen LogP contribution in [0.15, 0.2) is 35.6 Å². The Morgan fingerprint density at radius 1 is 1.21 bits per heavy atom. The Bertz CT molecular complexity index is 887. The number of carbonyl (C=O) groups is 1. The number of benzene rings is 1. The third kappa shape index (κ3) is 4.89. The molecule has 8 heteroatoms. The number of nitrogens with zero attached hydrogens (tertiary/aromatic N) is 5. The molecule has 2 aliphatic heterocycles. The number of alkyl halides is 1. The highest BCUT2D eigenvalue weighted by molar-refractivity contribution is 5.85. The van der Waals surface area contributed by atoms with Crippen molar-refractivity contribution in [3.8, 4) is 11.1 Å². The predicted octanol–water partition coefficient (Wildman–Crippen LogP) is 1.09. The molecule has 1 amide bonds. The molecule has 29 heavy (non-hydrogen) atoms. The lowest BCUT2D eigenvalue weighted by Gasteiger charge is -2.34. The van der Waals surface area contributed by atoms with Gasteiger partial charge in [-0.15, -0.1) is 0 Å². The summed E-state index contributed by atoms with van der Waals surface area (Å²) < 4.78 is 14.2. The summed E-state index contributed by atoms with van der Waals surface area (Å²) in [7, 11) is 1.90. The van der Waals surface area contributed by atoms with Crippen molar-refractivity contribution < 1.29 is 9.18 Å². The summed E-state index contributed by atoms with van der Waals surface area (Å²) in [6, 6.07) is 6.29. The molecule has 1 saturated heterocycles. The summed E-state index contributed by atoms with van der Waals surface area (Å²) >= 11 is 0. The van der Waals surface area contributed by atoms with Gasteiger partial charge >= 0.3 is 0 Å². The zero-order valence-corrected chi connectivity index (χ0v) is 16.7. The van der Waals surface area contributed by atoms with Gasteiger partial charge in [0.2, 0.25) is 5.91 Å². The minimum atomic E-state index is -0.315. The van der Waals surface area contributed by atoms with E-state index >= 15 is 0 Å². The number of amides is 1. The van der Waals surface area contributed by atoms with Gasteiger partial charge in [-0.05, 0) is 16.7 Å². The number of carbonyl (C=O) groups excluding carboxylic acids is 1. The number of hydrogen-bond acceptors (Lipinski definition) is 5. The Morgan fingerprint density at radius 3 is 2.72 bits per heavy atom. The van der Waals surface area contributed by atoms with Crippen LogP contribution in [-0.4, -0.2) is 83.8 Å². The van der Waals surface area contributed by atoms with Crippen molar-refractivity contribution in [2.75, 3.05) is 45.9 Å². The van der Waals surface area contributed by atoms with Gasteiger partial charge in [0.25, 0.3) is 0 Å². The average Bonchev–Trinajstić information content (AvgIpc) is 3.15. The highest BCUT2D eigenvalue weighted by Gasteiger charge is 2.21. The number of aryl methyl sites for hydroxylation is 1. The van der Waals surface area contributed by atoms with Crippen LogP contribution in [0.1, 0.15) is 11.1 Å². The molecule has 0 aliphatic carbocycles. The molecular formula is C21H27FN6O. The third-order valence-electron chi connectivity index (χ3n) is 5.55. The molecule has 1 aromatic carbocycles. The Balaban J connectivity index is 1.32. The Hall–Kier alpha value is -2.58. The van der Waals surface area contributed by atoms with Crippen LogP contribution in [0, 0.1) is 0 Å². The monoisotopic (exact) mass is 398 g/mol. The molecule has 1 aromatic heterocycles. The van der Waals surface area contributed by atoms with E-state index in [1.165, 1.54) is 5.56 Å². The lowest BCUT2D eigenvalue weighted by atomic mass is 9.96. The smallest absolute Gasteiger partial charge is 0.235 e. The van der Waals surface area contributed by atoms with Crippen LogP contribution in [0.5, 0.6) is 0 Å². The van der Waals surface area contributed by atoms with Crippen molar-refractivity contribution in [1.82, 2.24) is 24.9 Å². The average molecular weight is 398 g/mol. The van der Waals surface area contributed by atoms with Crippen molar-refractivity contribution in [2.24, 2.45) is 12.0 Å². The van der Waals surface area contributed by atoms with Crippen molar-refractivity contribution in [3.63, 3.8) is 0 Å². The second kappa shape index (κ2) is 8.84. The highest BCUT2D eigenvalue weighted by atomic mass is 19.1. The molecule has 154 valence electrons. The van der Waals surface area contributed by atoms with Gasteiger partial charge in [-0.25, -0.2) is 4.39 Å². The largest absolute Gasteiger partial charge is 0.333 e. The van der Waals surface area contributed by atoms with Gasteiger partial charge in [0.15, 0.2) is 0 Å². The number of hydrogen-bond donors (Lipinski definition) is 1. The van der Waals surface area contributed by atoms with E-state index in [-0.39, 0.29) is 18.7 Å². The predicted molar refractivity (Wildman–Crippen MR) is 111 cm³/mol. The van der Waals surface area contributed by atoms with Crippen LogP contribution in [0.4, 0.5) is 4.39 Å². The summed E-state index contributed by atoms with van der Waals surface area (Å²) in [6.07, 6.45) is 6.12. The van der Waals surface area contributed by atoms with Gasteiger partial charge in [-0.2, -0.15) is 5.10 Å². The van der Waals surface area contributed by atoms with Gasteiger partial charge in [0.1, 0.15) is 12.8 Å². The quantitative estimate of drug-likeness (QED) is 0.791. The van der Waals surface area contributed by atoms with Crippen LogP contribution in [0.25, 0.3) is 11.1 Å². The first-order valence-electron chi connectivity index (χ1n) is 10.1. The van der Waals surface area contributed by atoms with E-state index in [1.54, 1.807) is 4.68 Å². The van der Waals surface area contributed by atoms with E-state index < -0.39 is 0 Å². The fraction of sp³-hybridized carbons (Fsp3) is 0.476. The van der Waals surface area contributed by atoms with E-state index in [4.69, 9.17) is 0 Å². The zero-order chi connectivity index (χ0) is 20.2. The molecule has 7 nitrogen and oxygen atoms in total. The van der Waals surface area contributed by atoms with Gasteiger partial charge in [0.05, 0.1) is 12.7 Å². The van der Waals surface area contributed by atoms with Gasteiger partial charge in [-0.1, -0.05) is 18.2 Å². The van der Waals surface area contributed by atoms with Gasteiger partial charge in [-0.3, -0.25) is 24.3 Å². The molecule has 2 aromatic rings. The first kappa shape index (κ1) is 19.7. The van der Waals surface area contributed by atoms with Crippen LogP contribution in [-0.2, 0) is 18.3 Å². The first-order valence-corrected chi connectivity index (χ1v) is 10.1. The second-order valence-electron chi connectivity index (χ2n) is 7.69. The molecule has 0 spiro atoms. The minimum Gasteiger partial charge on any atom is -0.333 e. The Kier molecular flexibility index (Phi) is 6.01. The summed E-state index contributed by atoms with van der Waals surface area (Å²) in [6.45, 7) is 3.73. The van der Waals surface area contributed by atoms with E-state index in [1.807, 2.05) is 25.7 Å². The fourth-order valence-electron chi connectivity index (χ4n) is 3.90. The summed E-state index contributed by atoms with van der Waals surface area (Å²) in [4.78, 5) is 21.2. The van der Waals surface area contributed by atoms with Crippen LogP contribution in [0.2, 0.25) is 0 Å². The standard InChI is InChI=1S/C21H27FN6O/c1-26-14-19(13-24-26)16-2-3-17-12-23-20(11-18(17)10-16)25-21(29)15-28-8-6-27(5-4-22)7-9-28/h2-3,10,12-14,20H,4-9,11,15H2,1H3,(H,25,29). The number of aromatic nitrogens is 2. The Morgan fingerprint density at radius 2 is 2.00 bits per heavy atom. The summed E-state index contributed by atoms with van der Waals surface area (Å²) in [5.41, 5.74) is 4.45. The lowest BCUT2D eigenvalue weighted by Crippen LogP contribution is -2.51. The van der Waals surface area contributed by atoms with Crippen molar-refractivity contribution in [1.29, 1.82) is 0 Å². The van der Waals surface area contributed by atoms with Crippen LogP contribution >= 0.6 is 0 Å². The fourth-order valence-corrected chi connectivity index (χ4v) is 3.90. The van der Waals surface area contributed by atoms with Gasteiger partial charge < -0.3 is 5.32 Å². The summed E-state index contributed by atoms with van der Waals surface area (Å²) in [5, 5.41) is 7.28. The molecule has 1 unspecified atom stereocenters. The maximum atomic E-state index is 12.5. The van der Waals surface area contributed by atoms with E-state index in [2.05, 4.69) is 43.4 Å². The van der Waals surface area contributed by atoms with Crippen molar-refractivity contribution >= 4 is 12.1 Å². The lowest BCUT2D eigenvalue weighted by molar-refractivity contribution is -0.123. The number of nitrogens with one attached hydrogen (secondary N) is 1. The molecule has 0 bridgehead atoms. The number of aliphatic imine (C=N–C) groups is 1. The molecule has 1 N–H and O–H groups in total. The normalized spacial score (nSPS) is 19.9. The third-order valence-corrected chi connectivity index (χ3v) is 5.55. The number of rotatable bonds is 6. The van der Waals surface area contributed by atoms with Crippen LogP contribution < -0.4 is 5.32 Å². The van der Waals surface area contributed by atoms with Crippen molar-refractivity contribution in [3.05, 3.63) is 41.7 Å². The Labute approximate surface area is 170 Å². The molecule has 0 radical (unpaired) electrons. The highest BCUT2D eigenvalue weighted by Crippen LogP contribution is 2.24. The number of halogens is 1. The van der Waals surface area contributed by atoms with E-state index in [9.17, 15) is 9.18 Å². The molecule has 2 aliphatic rings.